The van der Waals surface area contributed by atoms with E-state index in [1.54, 1.807) is 38.1 Å². The van der Waals surface area contributed by atoms with Crippen LogP contribution in [0, 0.1) is 5.92 Å². The Balaban J connectivity index is 2.71. The SMILES string of the molecule is CCC(CC)CC(=O)Nc1ccc(C(C)(C)C(=O)O)cc1. The largest absolute Gasteiger partial charge is 0.481 e. The maximum Gasteiger partial charge on any atom is 0.313 e. The zero-order valence-electron chi connectivity index (χ0n) is 13.3. The Morgan fingerprint density at radius 3 is 2.10 bits per heavy atom. The van der Waals surface area contributed by atoms with E-state index >= 15 is 0 Å². The maximum absolute atomic E-state index is 11.9. The third-order valence-electron chi connectivity index (χ3n) is 4.05. The second-order valence-corrected chi connectivity index (χ2v) is 5.94. The molecular formula is C17H25NO3. The summed E-state index contributed by atoms with van der Waals surface area (Å²) in [5, 5.41) is 12.1. The molecule has 0 aliphatic rings. The van der Waals surface area contributed by atoms with Crippen LogP contribution >= 0.6 is 0 Å². The van der Waals surface area contributed by atoms with Crippen LogP contribution < -0.4 is 5.32 Å². The van der Waals surface area contributed by atoms with Crippen LogP contribution in [-0.2, 0) is 15.0 Å². The topological polar surface area (TPSA) is 66.4 Å². The second kappa shape index (κ2) is 7.25. The van der Waals surface area contributed by atoms with Crippen molar-refractivity contribution in [3.8, 4) is 0 Å². The molecule has 4 nitrogen and oxygen atoms in total. The highest BCUT2D eigenvalue weighted by Gasteiger charge is 2.29. The Labute approximate surface area is 126 Å². The summed E-state index contributed by atoms with van der Waals surface area (Å²) < 4.78 is 0. The first-order valence-corrected chi connectivity index (χ1v) is 7.45. The average molecular weight is 291 g/mol. The van der Waals surface area contributed by atoms with Gasteiger partial charge in [0.15, 0.2) is 0 Å². The van der Waals surface area contributed by atoms with Gasteiger partial charge in [-0.15, -0.1) is 0 Å². The molecule has 0 aromatic heterocycles. The van der Waals surface area contributed by atoms with Crippen LogP contribution in [0.15, 0.2) is 24.3 Å². The van der Waals surface area contributed by atoms with Gasteiger partial charge in [-0.1, -0.05) is 38.8 Å². The Hall–Kier alpha value is -1.84. The quantitative estimate of drug-likeness (QED) is 0.802. The second-order valence-electron chi connectivity index (χ2n) is 5.94. The van der Waals surface area contributed by atoms with Crippen LogP contribution in [0.5, 0.6) is 0 Å². The minimum atomic E-state index is -0.932. The average Bonchev–Trinajstić information content (AvgIpc) is 2.45. The van der Waals surface area contributed by atoms with Crippen LogP contribution in [0.25, 0.3) is 0 Å². The number of amides is 1. The number of aliphatic carboxylic acids is 1. The monoisotopic (exact) mass is 291 g/mol. The fourth-order valence-corrected chi connectivity index (χ4v) is 2.15. The Kier molecular flexibility index (Phi) is 5.94. The summed E-state index contributed by atoms with van der Waals surface area (Å²) in [6, 6.07) is 7.01. The minimum absolute atomic E-state index is 0.00828. The molecule has 0 spiro atoms. The molecule has 1 amide bonds. The van der Waals surface area contributed by atoms with E-state index < -0.39 is 11.4 Å². The van der Waals surface area contributed by atoms with Gasteiger partial charge in [0, 0.05) is 12.1 Å². The molecule has 4 heteroatoms. The van der Waals surface area contributed by atoms with Gasteiger partial charge in [0.2, 0.25) is 5.91 Å². The third kappa shape index (κ3) is 4.59. The summed E-state index contributed by atoms with van der Waals surface area (Å²) in [7, 11) is 0. The molecule has 0 heterocycles. The number of carboxylic acid groups (broad SMARTS) is 1. The highest BCUT2D eigenvalue weighted by molar-refractivity contribution is 5.91. The van der Waals surface area contributed by atoms with Crippen molar-refractivity contribution in [1.29, 1.82) is 0 Å². The normalized spacial score (nSPS) is 11.5. The smallest absolute Gasteiger partial charge is 0.313 e. The van der Waals surface area contributed by atoms with E-state index in [0.29, 0.717) is 23.6 Å². The van der Waals surface area contributed by atoms with Crippen molar-refractivity contribution >= 4 is 17.6 Å². The van der Waals surface area contributed by atoms with E-state index in [4.69, 9.17) is 0 Å². The molecule has 2 N–H and O–H groups in total. The van der Waals surface area contributed by atoms with E-state index in [1.165, 1.54) is 0 Å². The predicted octanol–water partition coefficient (Wildman–Crippen LogP) is 3.81. The molecule has 1 aromatic carbocycles. The Bertz CT molecular complexity index is 487. The molecule has 0 bridgehead atoms. The van der Waals surface area contributed by atoms with Crippen molar-refractivity contribution < 1.29 is 14.7 Å². The molecular weight excluding hydrogens is 266 g/mol. The van der Waals surface area contributed by atoms with Gasteiger partial charge in [0.25, 0.3) is 0 Å². The van der Waals surface area contributed by atoms with Crippen LogP contribution in [0.2, 0.25) is 0 Å². The van der Waals surface area contributed by atoms with Crippen LogP contribution in [0.3, 0.4) is 0 Å². The van der Waals surface area contributed by atoms with Crippen molar-refractivity contribution in [3.05, 3.63) is 29.8 Å². The first-order chi connectivity index (χ1) is 9.81. The molecule has 1 aromatic rings. The number of nitrogens with one attached hydrogen (secondary N) is 1. The summed E-state index contributed by atoms with van der Waals surface area (Å²) in [5.41, 5.74) is 0.488. The first-order valence-electron chi connectivity index (χ1n) is 7.45. The number of hydrogen-bond donors (Lipinski definition) is 2. The molecule has 116 valence electrons. The predicted molar refractivity (Wildman–Crippen MR) is 84.4 cm³/mol. The lowest BCUT2D eigenvalue weighted by molar-refractivity contribution is -0.142. The molecule has 0 atom stereocenters. The van der Waals surface area contributed by atoms with Gasteiger partial charge in [0.05, 0.1) is 5.41 Å². The number of carbonyl (C=O) groups excluding carboxylic acids is 1. The van der Waals surface area contributed by atoms with Gasteiger partial charge < -0.3 is 10.4 Å². The number of anilines is 1. The molecule has 21 heavy (non-hydrogen) atoms. The number of carbonyl (C=O) groups is 2. The standard InChI is InChI=1S/C17H25NO3/c1-5-12(6-2)11-15(19)18-14-9-7-13(8-10-14)17(3,4)16(20)21/h7-10,12H,5-6,11H2,1-4H3,(H,18,19)(H,20,21). The number of hydrogen-bond acceptors (Lipinski definition) is 2. The molecule has 0 saturated heterocycles. The van der Waals surface area contributed by atoms with Crippen molar-refractivity contribution in [1.82, 2.24) is 0 Å². The molecule has 0 radical (unpaired) electrons. The Morgan fingerprint density at radius 1 is 1.14 bits per heavy atom. The van der Waals surface area contributed by atoms with Crippen molar-refractivity contribution in [3.63, 3.8) is 0 Å². The molecule has 0 saturated carbocycles. The number of carboxylic acids is 1. The van der Waals surface area contributed by atoms with E-state index in [-0.39, 0.29) is 5.91 Å². The fraction of sp³-hybridized carbons (Fsp3) is 0.529. The van der Waals surface area contributed by atoms with Gasteiger partial charge >= 0.3 is 5.97 Å². The molecule has 0 aliphatic heterocycles. The van der Waals surface area contributed by atoms with Crippen molar-refractivity contribution in [2.45, 2.75) is 52.4 Å². The Morgan fingerprint density at radius 2 is 1.67 bits per heavy atom. The highest BCUT2D eigenvalue weighted by atomic mass is 16.4. The summed E-state index contributed by atoms with van der Waals surface area (Å²) in [4.78, 5) is 23.1. The van der Waals surface area contributed by atoms with E-state index in [1.807, 2.05) is 0 Å². The molecule has 0 unspecified atom stereocenters. The van der Waals surface area contributed by atoms with E-state index in [9.17, 15) is 14.7 Å². The van der Waals surface area contributed by atoms with Gasteiger partial charge in [-0.3, -0.25) is 9.59 Å². The van der Waals surface area contributed by atoms with Crippen molar-refractivity contribution in [2.24, 2.45) is 5.92 Å². The zero-order valence-corrected chi connectivity index (χ0v) is 13.3. The van der Waals surface area contributed by atoms with Gasteiger partial charge in [-0.2, -0.15) is 0 Å². The first kappa shape index (κ1) is 17.2. The summed E-state index contributed by atoms with van der Waals surface area (Å²) in [6.07, 6.45) is 2.51. The lowest BCUT2D eigenvalue weighted by Crippen LogP contribution is -2.28. The van der Waals surface area contributed by atoms with Crippen LogP contribution in [-0.4, -0.2) is 17.0 Å². The van der Waals surface area contributed by atoms with Gasteiger partial charge in [0.1, 0.15) is 0 Å². The minimum Gasteiger partial charge on any atom is -0.481 e. The molecule has 0 fully saturated rings. The number of rotatable bonds is 7. The maximum atomic E-state index is 11.9. The highest BCUT2D eigenvalue weighted by Crippen LogP contribution is 2.25. The van der Waals surface area contributed by atoms with Crippen LogP contribution in [0.4, 0.5) is 5.69 Å². The summed E-state index contributed by atoms with van der Waals surface area (Å²) in [6.45, 7) is 7.50. The zero-order chi connectivity index (χ0) is 16.0. The molecule has 1 rings (SSSR count). The summed E-state index contributed by atoms with van der Waals surface area (Å²) >= 11 is 0. The van der Waals surface area contributed by atoms with Crippen molar-refractivity contribution in [2.75, 3.05) is 5.32 Å². The molecule has 0 aliphatic carbocycles. The fourth-order valence-electron chi connectivity index (χ4n) is 2.15. The summed E-state index contributed by atoms with van der Waals surface area (Å²) in [5.74, 6) is -0.447. The number of benzene rings is 1. The lowest BCUT2D eigenvalue weighted by Gasteiger charge is -2.20. The van der Waals surface area contributed by atoms with E-state index in [0.717, 1.165) is 12.8 Å². The lowest BCUT2D eigenvalue weighted by atomic mass is 9.85. The third-order valence-corrected chi connectivity index (χ3v) is 4.05. The van der Waals surface area contributed by atoms with Gasteiger partial charge in [-0.25, -0.2) is 0 Å². The van der Waals surface area contributed by atoms with E-state index in [2.05, 4.69) is 19.2 Å². The van der Waals surface area contributed by atoms with Gasteiger partial charge in [-0.05, 0) is 37.5 Å². The van der Waals surface area contributed by atoms with Crippen LogP contribution in [0.1, 0.15) is 52.5 Å².